The van der Waals surface area contributed by atoms with E-state index >= 15 is 0 Å². The first-order valence-electron chi connectivity index (χ1n) is 5.51. The van der Waals surface area contributed by atoms with E-state index in [-0.39, 0.29) is 5.69 Å². The molecule has 4 nitrogen and oxygen atoms in total. The molecule has 1 aromatic heterocycles. The van der Waals surface area contributed by atoms with Crippen LogP contribution in [-0.4, -0.2) is 30.9 Å². The Morgan fingerprint density at radius 1 is 1.28 bits per heavy atom. The molecule has 0 spiro atoms. The molecule has 0 unspecified atom stereocenters. The average molecular weight is 262 g/mol. The summed E-state index contributed by atoms with van der Waals surface area (Å²) in [5.41, 5.74) is -1.80. The van der Waals surface area contributed by atoms with Crippen LogP contribution in [0.3, 0.4) is 0 Å². The Hall–Kier alpha value is -1.50. The predicted octanol–water partition coefficient (Wildman–Crippen LogP) is 1.24. The Balaban J connectivity index is 2.54. The molecule has 1 fully saturated rings. The van der Waals surface area contributed by atoms with Crippen LogP contribution in [0.15, 0.2) is 17.1 Å². The first-order valence-corrected chi connectivity index (χ1v) is 5.51. The second-order valence-electron chi connectivity index (χ2n) is 4.09. The summed E-state index contributed by atoms with van der Waals surface area (Å²) in [5.74, 6) is 0. The number of alkyl halides is 3. The van der Waals surface area contributed by atoms with Gasteiger partial charge in [-0.15, -0.1) is 0 Å². The topological polar surface area (TPSA) is 34.5 Å². The molecule has 100 valence electrons. The summed E-state index contributed by atoms with van der Waals surface area (Å²) in [6.45, 7) is 1.25. The van der Waals surface area contributed by atoms with Crippen molar-refractivity contribution < 1.29 is 17.9 Å². The first kappa shape index (κ1) is 12.9. The van der Waals surface area contributed by atoms with Gasteiger partial charge < -0.3 is 14.2 Å². The molecule has 1 saturated heterocycles. The van der Waals surface area contributed by atoms with Gasteiger partial charge in [0, 0.05) is 26.3 Å². The normalized spacial score (nSPS) is 17.0. The zero-order chi connectivity index (χ0) is 13.3. The number of aromatic nitrogens is 1. The van der Waals surface area contributed by atoms with E-state index in [1.54, 1.807) is 0 Å². The molecular formula is C11H13F3N2O2. The van der Waals surface area contributed by atoms with Crippen LogP contribution >= 0.6 is 0 Å². The van der Waals surface area contributed by atoms with E-state index in [1.807, 2.05) is 0 Å². The van der Waals surface area contributed by atoms with Gasteiger partial charge in [-0.25, -0.2) is 0 Å². The van der Waals surface area contributed by atoms with Crippen molar-refractivity contribution in [3.63, 3.8) is 0 Å². The van der Waals surface area contributed by atoms with E-state index in [9.17, 15) is 18.0 Å². The number of morpholine rings is 1. The second kappa shape index (κ2) is 4.64. The molecule has 0 amide bonds. The molecule has 0 radical (unpaired) electrons. The molecular weight excluding hydrogens is 249 g/mol. The summed E-state index contributed by atoms with van der Waals surface area (Å²) < 4.78 is 45.0. The lowest BCUT2D eigenvalue weighted by molar-refractivity contribution is -0.137. The van der Waals surface area contributed by atoms with Crippen LogP contribution in [0.5, 0.6) is 0 Å². The highest BCUT2D eigenvalue weighted by Crippen LogP contribution is 2.34. The van der Waals surface area contributed by atoms with Crippen LogP contribution in [0, 0.1) is 0 Å². The molecule has 0 N–H and O–H groups in total. The third kappa shape index (κ3) is 2.35. The largest absolute Gasteiger partial charge is 0.418 e. The van der Waals surface area contributed by atoms with E-state index in [4.69, 9.17) is 4.74 Å². The Morgan fingerprint density at radius 3 is 2.44 bits per heavy atom. The van der Waals surface area contributed by atoms with Gasteiger partial charge >= 0.3 is 6.18 Å². The Morgan fingerprint density at radius 2 is 1.89 bits per heavy atom. The standard InChI is InChI=1S/C11H13F3N2O2/c1-15-3-2-8(11(12,13)14)9(10(15)17)16-4-6-18-7-5-16/h2-3H,4-7H2,1H3. The van der Waals surface area contributed by atoms with E-state index in [2.05, 4.69) is 0 Å². The number of hydrogen-bond donors (Lipinski definition) is 0. The third-order valence-corrected chi connectivity index (χ3v) is 2.88. The molecule has 2 heterocycles. The van der Waals surface area contributed by atoms with Gasteiger partial charge in [0.1, 0.15) is 5.69 Å². The van der Waals surface area contributed by atoms with Crippen LogP contribution in [0.1, 0.15) is 5.56 Å². The van der Waals surface area contributed by atoms with Crippen molar-refractivity contribution in [3.05, 3.63) is 28.2 Å². The fraction of sp³-hybridized carbons (Fsp3) is 0.545. The van der Waals surface area contributed by atoms with Crippen molar-refractivity contribution in [3.8, 4) is 0 Å². The van der Waals surface area contributed by atoms with Gasteiger partial charge in [-0.1, -0.05) is 0 Å². The first-order chi connectivity index (χ1) is 8.41. The minimum atomic E-state index is -4.53. The predicted molar refractivity (Wildman–Crippen MR) is 59.7 cm³/mol. The number of hydrogen-bond acceptors (Lipinski definition) is 3. The maximum absolute atomic E-state index is 12.9. The summed E-state index contributed by atoms with van der Waals surface area (Å²) in [7, 11) is 1.44. The molecule has 1 aliphatic rings. The van der Waals surface area contributed by atoms with Crippen LogP contribution in [0.4, 0.5) is 18.9 Å². The minimum absolute atomic E-state index is 0.282. The molecule has 7 heteroatoms. The van der Waals surface area contributed by atoms with Gasteiger partial charge in [-0.05, 0) is 6.07 Å². The number of halogens is 3. The highest BCUT2D eigenvalue weighted by Gasteiger charge is 2.37. The second-order valence-corrected chi connectivity index (χ2v) is 4.09. The quantitative estimate of drug-likeness (QED) is 0.763. The molecule has 0 bridgehead atoms. The van der Waals surface area contributed by atoms with Crippen LogP contribution in [-0.2, 0) is 18.0 Å². The smallest absolute Gasteiger partial charge is 0.378 e. The monoisotopic (exact) mass is 262 g/mol. The van der Waals surface area contributed by atoms with Crippen molar-refractivity contribution in [1.29, 1.82) is 0 Å². The van der Waals surface area contributed by atoms with Crippen molar-refractivity contribution in [2.24, 2.45) is 7.05 Å². The highest BCUT2D eigenvalue weighted by molar-refractivity contribution is 5.53. The van der Waals surface area contributed by atoms with Gasteiger partial charge in [-0.2, -0.15) is 13.2 Å². The number of ether oxygens (including phenoxy) is 1. The summed E-state index contributed by atoms with van der Waals surface area (Å²) in [5, 5.41) is 0. The number of nitrogens with zero attached hydrogens (tertiary/aromatic N) is 2. The van der Waals surface area contributed by atoms with E-state index < -0.39 is 17.3 Å². The minimum Gasteiger partial charge on any atom is -0.378 e. The van der Waals surface area contributed by atoms with Gasteiger partial charge in [0.05, 0.1) is 18.8 Å². The van der Waals surface area contributed by atoms with Crippen molar-refractivity contribution in [2.45, 2.75) is 6.18 Å². The molecule has 0 atom stereocenters. The fourth-order valence-electron chi connectivity index (χ4n) is 1.94. The lowest BCUT2D eigenvalue weighted by atomic mass is 10.2. The molecule has 2 rings (SSSR count). The van der Waals surface area contributed by atoms with E-state index in [0.29, 0.717) is 26.3 Å². The Bertz CT molecular complexity index is 490. The lowest BCUT2D eigenvalue weighted by Crippen LogP contribution is -2.41. The summed E-state index contributed by atoms with van der Waals surface area (Å²) in [4.78, 5) is 13.4. The van der Waals surface area contributed by atoms with Crippen LogP contribution in [0.25, 0.3) is 0 Å². The average Bonchev–Trinajstić information content (AvgIpc) is 2.32. The molecule has 0 aromatic carbocycles. The Labute approximate surface area is 102 Å². The van der Waals surface area contributed by atoms with Crippen molar-refractivity contribution in [2.75, 3.05) is 31.2 Å². The summed E-state index contributed by atoms with van der Waals surface area (Å²) >= 11 is 0. The van der Waals surface area contributed by atoms with Gasteiger partial charge in [0.2, 0.25) is 0 Å². The van der Waals surface area contributed by atoms with Crippen LogP contribution in [0.2, 0.25) is 0 Å². The van der Waals surface area contributed by atoms with Gasteiger partial charge in [0.25, 0.3) is 5.56 Å². The Kier molecular flexibility index (Phi) is 3.34. The maximum atomic E-state index is 12.9. The molecule has 18 heavy (non-hydrogen) atoms. The molecule has 1 aromatic rings. The molecule has 1 aliphatic heterocycles. The fourth-order valence-corrected chi connectivity index (χ4v) is 1.94. The van der Waals surface area contributed by atoms with E-state index in [1.165, 1.54) is 11.9 Å². The van der Waals surface area contributed by atoms with Crippen molar-refractivity contribution in [1.82, 2.24) is 4.57 Å². The SMILES string of the molecule is Cn1ccc(C(F)(F)F)c(N2CCOCC2)c1=O. The number of rotatable bonds is 1. The number of anilines is 1. The number of pyridine rings is 1. The molecule has 0 saturated carbocycles. The van der Waals surface area contributed by atoms with E-state index in [0.717, 1.165) is 16.8 Å². The third-order valence-electron chi connectivity index (χ3n) is 2.88. The summed E-state index contributed by atoms with van der Waals surface area (Å²) in [6, 6.07) is 0.937. The summed E-state index contributed by atoms with van der Waals surface area (Å²) in [6.07, 6.45) is -3.39. The van der Waals surface area contributed by atoms with Gasteiger partial charge in [0.15, 0.2) is 0 Å². The highest BCUT2D eigenvalue weighted by atomic mass is 19.4. The van der Waals surface area contributed by atoms with Gasteiger partial charge in [-0.3, -0.25) is 4.79 Å². The lowest BCUT2D eigenvalue weighted by Gasteiger charge is -2.30. The zero-order valence-electron chi connectivity index (χ0n) is 9.83. The number of aryl methyl sites for hydroxylation is 1. The maximum Gasteiger partial charge on any atom is 0.418 e. The molecule has 0 aliphatic carbocycles. The van der Waals surface area contributed by atoms with Crippen LogP contribution < -0.4 is 10.5 Å². The van der Waals surface area contributed by atoms with Crippen molar-refractivity contribution >= 4 is 5.69 Å². The zero-order valence-corrected chi connectivity index (χ0v) is 9.83.